The van der Waals surface area contributed by atoms with Gasteiger partial charge in [-0.05, 0) is 6.04 Å². The van der Waals surface area contributed by atoms with Gasteiger partial charge in [-0.15, -0.1) is 12.4 Å². The van der Waals surface area contributed by atoms with Crippen LogP contribution in [0.1, 0.15) is 0 Å². The summed E-state index contributed by atoms with van der Waals surface area (Å²) in [6.07, 6.45) is 6.35. The Morgan fingerprint density at radius 3 is 2.64 bits per heavy atom. The van der Waals surface area contributed by atoms with Crippen molar-refractivity contribution in [2.45, 2.75) is 32.4 Å². The third kappa shape index (κ3) is 6.44. The van der Waals surface area contributed by atoms with E-state index in [0.717, 1.165) is 6.61 Å². The van der Waals surface area contributed by atoms with E-state index in [2.05, 4.69) is 31.0 Å². The van der Waals surface area contributed by atoms with E-state index in [9.17, 15) is 0 Å². The van der Waals surface area contributed by atoms with Gasteiger partial charge in [0.1, 0.15) is 6.73 Å². The Hall–Kier alpha value is -0.0157. The Morgan fingerprint density at radius 1 is 1.43 bits per heavy atom. The monoisotopic (exact) mass is 204 g/mol. The molecule has 0 amide bonds. The van der Waals surface area contributed by atoms with E-state index in [0.29, 0.717) is 6.73 Å². The van der Waals surface area contributed by atoms with Crippen LogP contribution < -0.4 is 18.9 Å². The summed E-state index contributed by atoms with van der Waals surface area (Å²) in [5, 5.41) is 0. The molecule has 0 spiro atoms. The van der Waals surface area contributed by atoms with Crippen molar-refractivity contribution in [2.24, 2.45) is 0 Å². The third-order valence-corrected chi connectivity index (χ3v) is 3.44. The maximum atomic E-state index is 5.48. The molecule has 0 fully saturated rings. The van der Waals surface area contributed by atoms with Gasteiger partial charge >= 0.3 is 18.9 Å². The molecule has 0 aliphatic carbocycles. The fourth-order valence-electron chi connectivity index (χ4n) is 0.868. The maximum Gasteiger partial charge on any atom is 1.00 e. The molecule has 74 valence electrons. The summed E-state index contributed by atoms with van der Waals surface area (Å²) in [5.74, 6) is 0. The van der Waals surface area contributed by atoms with Crippen LogP contribution >= 0.6 is 0 Å². The van der Waals surface area contributed by atoms with Crippen LogP contribution in [0, 0.1) is 6.33 Å². The standard InChI is InChI=1S/C9H17N2OSi.Li/c1-13(2,3)7-6-12-9-11-5-4-10-8-11;/h4-5H,6-7,9H2,1-3H3;/q-1;+1. The van der Waals surface area contributed by atoms with E-state index < -0.39 is 8.07 Å². The molecule has 0 unspecified atom stereocenters. The Bertz CT molecular complexity index is 233. The minimum atomic E-state index is -0.939. The first-order valence-electron chi connectivity index (χ1n) is 4.54. The Kier molecular flexibility index (Phi) is 6.46. The van der Waals surface area contributed by atoms with Crippen LogP contribution in [0.15, 0.2) is 12.4 Å². The van der Waals surface area contributed by atoms with E-state index in [-0.39, 0.29) is 18.9 Å². The SMILES string of the molecule is C[Si](C)(C)CCOCn1[c-]ncc1.[Li+]. The minimum absolute atomic E-state index is 0. The summed E-state index contributed by atoms with van der Waals surface area (Å²) in [6.45, 7) is 8.46. The molecule has 3 nitrogen and oxygen atoms in total. The van der Waals surface area contributed by atoms with Crippen molar-refractivity contribution in [1.29, 1.82) is 0 Å². The molecule has 1 heterocycles. The summed E-state index contributed by atoms with van der Waals surface area (Å²) in [6, 6.07) is 1.21. The maximum absolute atomic E-state index is 5.48. The van der Waals surface area contributed by atoms with Crippen molar-refractivity contribution in [3.63, 3.8) is 0 Å². The summed E-state index contributed by atoms with van der Waals surface area (Å²) >= 11 is 0. The molecule has 1 rings (SSSR count). The Labute approximate surface area is 99.1 Å². The van der Waals surface area contributed by atoms with Gasteiger partial charge in [0.25, 0.3) is 0 Å². The van der Waals surface area contributed by atoms with Crippen molar-refractivity contribution in [3.8, 4) is 0 Å². The van der Waals surface area contributed by atoms with Crippen molar-refractivity contribution in [3.05, 3.63) is 18.7 Å². The minimum Gasteiger partial charge on any atom is -0.433 e. The summed E-state index contributed by atoms with van der Waals surface area (Å²) in [7, 11) is -0.939. The first-order valence-corrected chi connectivity index (χ1v) is 8.25. The van der Waals surface area contributed by atoms with Crippen molar-refractivity contribution < 1.29 is 23.6 Å². The molecular formula is C9H17LiN2OSi. The second kappa shape index (κ2) is 6.46. The van der Waals surface area contributed by atoms with Crippen molar-refractivity contribution >= 4 is 8.07 Å². The van der Waals surface area contributed by atoms with Gasteiger partial charge in [-0.25, -0.2) is 0 Å². The molecule has 0 saturated heterocycles. The van der Waals surface area contributed by atoms with Crippen LogP contribution in [0.4, 0.5) is 0 Å². The quantitative estimate of drug-likeness (QED) is 0.349. The van der Waals surface area contributed by atoms with Gasteiger partial charge < -0.3 is 14.3 Å². The van der Waals surface area contributed by atoms with E-state index in [1.54, 1.807) is 6.20 Å². The summed E-state index contributed by atoms with van der Waals surface area (Å²) < 4.78 is 7.29. The molecule has 0 aliphatic heterocycles. The molecule has 5 heteroatoms. The number of imidazole rings is 1. The molecule has 0 bridgehead atoms. The second-order valence-corrected chi connectivity index (χ2v) is 9.97. The number of rotatable bonds is 5. The molecular weight excluding hydrogens is 187 g/mol. The Balaban J connectivity index is 0.00000169. The fourth-order valence-corrected chi connectivity index (χ4v) is 1.62. The average Bonchev–Trinajstić information content (AvgIpc) is 2.48. The van der Waals surface area contributed by atoms with Crippen LogP contribution in [0.25, 0.3) is 0 Å². The number of ether oxygens (including phenoxy) is 1. The van der Waals surface area contributed by atoms with E-state index in [1.165, 1.54) is 6.04 Å². The molecule has 0 atom stereocenters. The average molecular weight is 204 g/mol. The molecule has 0 aliphatic rings. The number of nitrogens with zero attached hydrogens (tertiary/aromatic N) is 2. The van der Waals surface area contributed by atoms with Gasteiger partial charge in [-0.1, -0.05) is 19.6 Å². The van der Waals surface area contributed by atoms with Gasteiger partial charge in [-0.3, -0.25) is 0 Å². The van der Waals surface area contributed by atoms with Crippen LogP contribution in [-0.2, 0) is 11.5 Å². The topological polar surface area (TPSA) is 27.1 Å². The van der Waals surface area contributed by atoms with Gasteiger partial charge in [-0.2, -0.15) is 0 Å². The van der Waals surface area contributed by atoms with Gasteiger partial charge in [0.05, 0.1) is 0 Å². The molecule has 1 aromatic heterocycles. The number of aromatic nitrogens is 2. The third-order valence-electron chi connectivity index (χ3n) is 1.73. The predicted molar refractivity (Wildman–Crippen MR) is 55.2 cm³/mol. The van der Waals surface area contributed by atoms with Crippen LogP contribution in [0.2, 0.25) is 25.7 Å². The Morgan fingerprint density at radius 2 is 2.14 bits per heavy atom. The van der Waals surface area contributed by atoms with Gasteiger partial charge in [0.15, 0.2) is 0 Å². The largest absolute Gasteiger partial charge is 1.00 e. The summed E-state index contributed by atoms with van der Waals surface area (Å²) in [4.78, 5) is 3.82. The zero-order valence-corrected chi connectivity index (χ0v) is 10.6. The van der Waals surface area contributed by atoms with Gasteiger partial charge in [0, 0.05) is 21.0 Å². The second-order valence-electron chi connectivity index (χ2n) is 4.35. The van der Waals surface area contributed by atoms with Crippen LogP contribution in [0.5, 0.6) is 0 Å². The number of hydrogen-bond donors (Lipinski definition) is 0. The normalized spacial score (nSPS) is 11.1. The predicted octanol–water partition coefficient (Wildman–Crippen LogP) is -1.00. The van der Waals surface area contributed by atoms with Gasteiger partial charge in [0.2, 0.25) is 0 Å². The molecule has 0 N–H and O–H groups in total. The first-order chi connectivity index (χ1) is 6.08. The van der Waals surface area contributed by atoms with Crippen molar-refractivity contribution in [2.75, 3.05) is 6.61 Å². The fraction of sp³-hybridized carbons (Fsp3) is 0.667. The van der Waals surface area contributed by atoms with E-state index in [1.807, 2.05) is 10.8 Å². The zero-order valence-electron chi connectivity index (χ0n) is 9.58. The molecule has 0 saturated carbocycles. The van der Waals surface area contributed by atoms with E-state index >= 15 is 0 Å². The molecule has 14 heavy (non-hydrogen) atoms. The van der Waals surface area contributed by atoms with E-state index in [4.69, 9.17) is 4.74 Å². The molecule has 0 radical (unpaired) electrons. The van der Waals surface area contributed by atoms with Crippen LogP contribution in [0.3, 0.4) is 0 Å². The zero-order chi connectivity index (χ0) is 9.73. The molecule has 1 aromatic rings. The van der Waals surface area contributed by atoms with Crippen molar-refractivity contribution in [1.82, 2.24) is 9.55 Å². The number of hydrogen-bond acceptors (Lipinski definition) is 2. The van der Waals surface area contributed by atoms with Crippen LogP contribution in [-0.4, -0.2) is 24.2 Å². The summed E-state index contributed by atoms with van der Waals surface area (Å²) in [5.41, 5.74) is 0. The molecule has 0 aromatic carbocycles. The smallest absolute Gasteiger partial charge is 0.433 e. The first kappa shape index (κ1) is 14.0.